The molecule has 0 unspecified atom stereocenters. The van der Waals surface area contributed by atoms with Gasteiger partial charge >= 0.3 is 11.8 Å². The fourth-order valence-corrected chi connectivity index (χ4v) is 2.83. The number of nitrogens with zero attached hydrogens (tertiary/aromatic N) is 2. The lowest BCUT2D eigenvalue weighted by Gasteiger charge is -2.09. The normalized spacial score (nSPS) is 10.3. The highest BCUT2D eigenvalue weighted by atomic mass is 32.1. The Morgan fingerprint density at radius 1 is 1.12 bits per heavy atom. The molecule has 0 bridgehead atoms. The number of para-hydroxylation sites is 1. The van der Waals surface area contributed by atoms with Crippen LogP contribution in [0.1, 0.15) is 21.0 Å². The molecule has 0 aliphatic carbocycles. The van der Waals surface area contributed by atoms with Crippen molar-refractivity contribution >= 4 is 23.2 Å². The lowest BCUT2D eigenvalue weighted by Crippen LogP contribution is -2.34. The molecule has 0 aliphatic heterocycles. The number of carbonyl (C=O) groups is 2. The van der Waals surface area contributed by atoms with Crippen molar-refractivity contribution in [1.82, 2.24) is 20.8 Å². The molecule has 2 heterocycles. The number of hydrogen-bond donors (Lipinski definition) is 2. The van der Waals surface area contributed by atoms with Crippen molar-refractivity contribution in [3.05, 3.63) is 53.2 Å². The summed E-state index contributed by atoms with van der Waals surface area (Å²) >= 11 is 1.45. The van der Waals surface area contributed by atoms with Crippen LogP contribution in [0.4, 0.5) is 0 Å². The van der Waals surface area contributed by atoms with E-state index in [1.807, 2.05) is 17.5 Å². The molecule has 9 heteroatoms. The molecule has 0 radical (unpaired) electrons. The van der Waals surface area contributed by atoms with Gasteiger partial charge in [0.05, 0.1) is 17.6 Å². The van der Waals surface area contributed by atoms with Crippen LogP contribution >= 0.6 is 11.3 Å². The fourth-order valence-electron chi connectivity index (χ4n) is 2.18. The van der Waals surface area contributed by atoms with Crippen molar-refractivity contribution in [2.24, 2.45) is 0 Å². The van der Waals surface area contributed by atoms with E-state index in [4.69, 9.17) is 9.26 Å². The van der Waals surface area contributed by atoms with Gasteiger partial charge < -0.3 is 19.9 Å². The van der Waals surface area contributed by atoms with Crippen molar-refractivity contribution in [3.8, 4) is 16.5 Å². The Kier molecular flexibility index (Phi) is 5.59. The summed E-state index contributed by atoms with van der Waals surface area (Å²) in [7, 11) is 1.50. The van der Waals surface area contributed by atoms with E-state index in [1.165, 1.54) is 18.4 Å². The van der Waals surface area contributed by atoms with E-state index in [9.17, 15) is 9.59 Å². The van der Waals surface area contributed by atoms with Crippen LogP contribution in [0.15, 0.2) is 46.3 Å². The third-order valence-corrected chi connectivity index (χ3v) is 4.28. The number of methoxy groups -OCH3 is 1. The Labute approximate surface area is 153 Å². The highest BCUT2D eigenvalue weighted by Crippen LogP contribution is 2.21. The summed E-state index contributed by atoms with van der Waals surface area (Å²) in [5.41, 5.74) is 0.429. The maximum atomic E-state index is 12.1. The van der Waals surface area contributed by atoms with Crippen LogP contribution in [-0.2, 0) is 0 Å². The first-order valence-corrected chi connectivity index (χ1v) is 8.64. The van der Waals surface area contributed by atoms with Crippen molar-refractivity contribution in [2.75, 3.05) is 20.2 Å². The number of rotatable bonds is 7. The minimum atomic E-state index is -0.494. The topological polar surface area (TPSA) is 106 Å². The lowest BCUT2D eigenvalue weighted by atomic mass is 10.2. The zero-order valence-electron chi connectivity index (χ0n) is 13.9. The number of amides is 2. The van der Waals surface area contributed by atoms with Crippen LogP contribution < -0.4 is 15.4 Å². The average molecular weight is 372 g/mol. The van der Waals surface area contributed by atoms with Gasteiger partial charge in [-0.1, -0.05) is 23.4 Å². The van der Waals surface area contributed by atoms with Gasteiger partial charge in [-0.3, -0.25) is 9.59 Å². The highest BCUT2D eigenvalue weighted by Gasteiger charge is 2.16. The molecule has 2 amide bonds. The number of hydrogen-bond acceptors (Lipinski definition) is 7. The van der Waals surface area contributed by atoms with Gasteiger partial charge in [0.15, 0.2) is 0 Å². The van der Waals surface area contributed by atoms with Gasteiger partial charge in [-0.25, -0.2) is 0 Å². The van der Waals surface area contributed by atoms with Crippen LogP contribution in [0.5, 0.6) is 5.75 Å². The second-order valence-electron chi connectivity index (χ2n) is 5.11. The van der Waals surface area contributed by atoms with Gasteiger partial charge in [0, 0.05) is 13.1 Å². The molecule has 1 aromatic carbocycles. The molecule has 0 saturated heterocycles. The second kappa shape index (κ2) is 8.26. The molecule has 2 aromatic heterocycles. The second-order valence-corrected chi connectivity index (χ2v) is 6.06. The van der Waals surface area contributed by atoms with Crippen LogP contribution in [0.2, 0.25) is 0 Å². The van der Waals surface area contributed by atoms with Gasteiger partial charge in [-0.05, 0) is 23.6 Å². The van der Waals surface area contributed by atoms with E-state index in [1.54, 1.807) is 24.3 Å². The first-order chi connectivity index (χ1) is 12.7. The summed E-state index contributed by atoms with van der Waals surface area (Å²) in [5.74, 6) is -0.0404. The Bertz CT molecular complexity index is 892. The molecule has 0 spiro atoms. The van der Waals surface area contributed by atoms with Gasteiger partial charge in [0.25, 0.3) is 5.91 Å². The highest BCUT2D eigenvalue weighted by molar-refractivity contribution is 7.13. The number of ether oxygens (including phenoxy) is 1. The van der Waals surface area contributed by atoms with E-state index < -0.39 is 5.91 Å². The summed E-state index contributed by atoms with van der Waals surface area (Å²) in [4.78, 5) is 29.0. The molecule has 8 nitrogen and oxygen atoms in total. The van der Waals surface area contributed by atoms with Crippen LogP contribution in [0.25, 0.3) is 10.7 Å². The minimum absolute atomic E-state index is 0.121. The Balaban J connectivity index is 1.48. The molecule has 2 N–H and O–H groups in total. The zero-order valence-corrected chi connectivity index (χ0v) is 14.7. The maximum Gasteiger partial charge on any atom is 0.316 e. The van der Waals surface area contributed by atoms with E-state index in [-0.39, 0.29) is 24.9 Å². The predicted molar refractivity (Wildman–Crippen MR) is 95.3 cm³/mol. The lowest BCUT2D eigenvalue weighted by molar-refractivity contribution is 0.0897. The standard InChI is InChI=1S/C17H16N4O4S/c1-24-12-6-3-2-5-11(12)15(22)18-8-9-19-16(23)17-20-14(21-25-17)13-7-4-10-26-13/h2-7,10H,8-9H2,1H3,(H,18,22)(H,19,23). The van der Waals surface area contributed by atoms with E-state index in [0.717, 1.165) is 4.88 Å². The Hall–Kier alpha value is -3.20. The zero-order chi connectivity index (χ0) is 18.4. The summed E-state index contributed by atoms with van der Waals surface area (Å²) < 4.78 is 10.1. The molecular weight excluding hydrogens is 356 g/mol. The van der Waals surface area contributed by atoms with Crippen molar-refractivity contribution in [1.29, 1.82) is 0 Å². The summed E-state index contributed by atoms with van der Waals surface area (Å²) in [6.07, 6.45) is 0. The van der Waals surface area contributed by atoms with Crippen LogP contribution in [0, 0.1) is 0 Å². The van der Waals surface area contributed by atoms with Gasteiger partial charge in [-0.2, -0.15) is 4.98 Å². The third kappa shape index (κ3) is 4.06. The Morgan fingerprint density at radius 2 is 1.88 bits per heavy atom. The summed E-state index contributed by atoms with van der Waals surface area (Å²) in [6, 6.07) is 10.6. The molecule has 26 heavy (non-hydrogen) atoms. The number of carbonyl (C=O) groups excluding carboxylic acids is 2. The van der Waals surface area contributed by atoms with E-state index >= 15 is 0 Å². The number of aromatic nitrogens is 2. The molecule has 3 aromatic rings. The van der Waals surface area contributed by atoms with Crippen molar-refractivity contribution in [3.63, 3.8) is 0 Å². The van der Waals surface area contributed by atoms with Gasteiger partial charge in [0.1, 0.15) is 5.75 Å². The van der Waals surface area contributed by atoms with Gasteiger partial charge in [-0.15, -0.1) is 11.3 Å². The predicted octanol–water partition coefficient (Wildman–Crippen LogP) is 1.97. The minimum Gasteiger partial charge on any atom is -0.496 e. The van der Waals surface area contributed by atoms with E-state index in [0.29, 0.717) is 17.1 Å². The molecule has 0 atom stereocenters. The largest absolute Gasteiger partial charge is 0.496 e. The summed E-state index contributed by atoms with van der Waals surface area (Å²) in [6.45, 7) is 0.463. The molecular formula is C17H16N4O4S. The summed E-state index contributed by atoms with van der Waals surface area (Å²) in [5, 5.41) is 11.0. The smallest absolute Gasteiger partial charge is 0.316 e. The van der Waals surface area contributed by atoms with Crippen molar-refractivity contribution in [2.45, 2.75) is 0 Å². The first kappa shape index (κ1) is 17.6. The van der Waals surface area contributed by atoms with Gasteiger partial charge in [0.2, 0.25) is 5.82 Å². The number of nitrogens with one attached hydrogen (secondary N) is 2. The first-order valence-electron chi connectivity index (χ1n) is 7.76. The average Bonchev–Trinajstić information content (AvgIpc) is 3.36. The maximum absolute atomic E-state index is 12.1. The van der Waals surface area contributed by atoms with E-state index in [2.05, 4.69) is 20.8 Å². The molecule has 0 aliphatic rings. The van der Waals surface area contributed by atoms with Crippen LogP contribution in [0.3, 0.4) is 0 Å². The SMILES string of the molecule is COc1ccccc1C(=O)NCCNC(=O)c1nc(-c2cccs2)no1. The molecule has 0 saturated carbocycles. The van der Waals surface area contributed by atoms with Crippen molar-refractivity contribution < 1.29 is 18.8 Å². The fraction of sp³-hybridized carbons (Fsp3) is 0.176. The number of thiophene rings is 1. The third-order valence-electron chi connectivity index (χ3n) is 3.41. The molecule has 0 fully saturated rings. The van der Waals surface area contributed by atoms with Crippen LogP contribution in [-0.4, -0.2) is 42.2 Å². The quantitative estimate of drug-likeness (QED) is 0.614. The molecule has 134 valence electrons. The number of benzene rings is 1. The monoisotopic (exact) mass is 372 g/mol. The Morgan fingerprint density at radius 3 is 2.62 bits per heavy atom. The molecule has 3 rings (SSSR count).